The quantitative estimate of drug-likeness (QED) is 0.757. The van der Waals surface area contributed by atoms with E-state index in [0.717, 1.165) is 0 Å². The molecule has 0 aromatic heterocycles. The van der Waals surface area contributed by atoms with E-state index >= 15 is 0 Å². The van der Waals surface area contributed by atoms with Gasteiger partial charge < -0.3 is 14.2 Å². The second kappa shape index (κ2) is 6.81. The summed E-state index contributed by atoms with van der Waals surface area (Å²) < 4.78 is 50.0. The molecule has 4 nitrogen and oxygen atoms in total. The predicted octanol–water partition coefficient (Wildman–Crippen LogP) is 3.12. The fourth-order valence-corrected chi connectivity index (χ4v) is 1.66. The van der Waals surface area contributed by atoms with Gasteiger partial charge in [-0.25, -0.2) is 0 Å². The molecule has 0 atom stereocenters. The molecule has 0 aliphatic heterocycles. The summed E-state index contributed by atoms with van der Waals surface area (Å²) in [6, 6.07) is 2.64. The molecule has 1 rings (SSSR count). The van der Waals surface area contributed by atoms with Crippen molar-refractivity contribution in [1.29, 1.82) is 0 Å². The highest BCUT2D eigenvalue weighted by molar-refractivity contribution is 6.34. The molecule has 0 amide bonds. The maximum atomic E-state index is 11.9. The molecule has 0 aliphatic rings. The van der Waals surface area contributed by atoms with Gasteiger partial charge >= 0.3 is 6.18 Å². The van der Waals surface area contributed by atoms with Crippen LogP contribution in [0.5, 0.6) is 11.5 Å². The number of carbonyl (C=O) groups excluding carboxylic acids is 1. The van der Waals surface area contributed by atoms with E-state index in [1.165, 1.54) is 26.4 Å². The smallest absolute Gasteiger partial charge is 0.411 e. The topological polar surface area (TPSA) is 44.8 Å². The summed E-state index contributed by atoms with van der Waals surface area (Å²) in [5.41, 5.74) is 0.00601. The van der Waals surface area contributed by atoms with Gasteiger partial charge in [0.25, 0.3) is 0 Å². The molecule has 0 saturated carbocycles. The minimum Gasteiger partial charge on any atom is -0.493 e. The molecule has 8 heteroatoms. The molecule has 0 fully saturated rings. The van der Waals surface area contributed by atoms with E-state index < -0.39 is 25.2 Å². The van der Waals surface area contributed by atoms with Crippen molar-refractivity contribution in [3.05, 3.63) is 22.7 Å². The van der Waals surface area contributed by atoms with E-state index in [2.05, 4.69) is 4.74 Å². The van der Waals surface area contributed by atoms with Crippen LogP contribution in [0.1, 0.15) is 10.4 Å². The molecule has 0 bridgehead atoms. The number of hydrogen-bond acceptors (Lipinski definition) is 4. The Kier molecular flexibility index (Phi) is 5.64. The number of halogens is 4. The lowest BCUT2D eigenvalue weighted by atomic mass is 10.1. The minimum absolute atomic E-state index is 0.00601. The summed E-state index contributed by atoms with van der Waals surface area (Å²) in [6.45, 7) is -2.22. The first kappa shape index (κ1) is 16.6. The number of ether oxygens (including phenoxy) is 3. The van der Waals surface area contributed by atoms with Gasteiger partial charge in [0, 0.05) is 11.6 Å². The zero-order chi connectivity index (χ0) is 15.3. The Morgan fingerprint density at radius 2 is 1.75 bits per heavy atom. The first-order valence-electron chi connectivity index (χ1n) is 5.37. The van der Waals surface area contributed by atoms with Gasteiger partial charge in [0.2, 0.25) is 0 Å². The van der Waals surface area contributed by atoms with E-state index in [-0.39, 0.29) is 16.3 Å². The molecule has 1 aromatic carbocycles. The van der Waals surface area contributed by atoms with Gasteiger partial charge in [-0.05, 0) is 6.07 Å². The van der Waals surface area contributed by atoms with Crippen molar-refractivity contribution in [2.45, 2.75) is 6.18 Å². The predicted molar refractivity (Wildman–Crippen MR) is 65.8 cm³/mol. The lowest BCUT2D eigenvalue weighted by Crippen LogP contribution is -2.20. The first-order chi connectivity index (χ1) is 9.28. The Hall–Kier alpha value is -1.47. The number of Topliss-reactive ketones (excluding diaryl/α,β-unsaturated/α-hetero) is 1. The molecule has 0 radical (unpaired) electrons. The van der Waals surface area contributed by atoms with Crippen molar-refractivity contribution in [2.24, 2.45) is 0 Å². The molecule has 0 unspecified atom stereocenters. The van der Waals surface area contributed by atoms with Gasteiger partial charge in [-0.1, -0.05) is 11.6 Å². The third kappa shape index (κ3) is 4.57. The SMILES string of the molecule is COc1cc(Cl)c(C(=O)COCC(F)(F)F)cc1OC. The maximum absolute atomic E-state index is 11.9. The molecule has 20 heavy (non-hydrogen) atoms. The summed E-state index contributed by atoms with van der Waals surface area (Å²) in [5, 5.41) is 0.0447. The molecule has 112 valence electrons. The van der Waals surface area contributed by atoms with Crippen LogP contribution < -0.4 is 9.47 Å². The van der Waals surface area contributed by atoms with Crippen LogP contribution >= 0.6 is 11.6 Å². The van der Waals surface area contributed by atoms with Crippen molar-refractivity contribution in [3.63, 3.8) is 0 Å². The molecular weight excluding hydrogens is 301 g/mol. The summed E-state index contributed by atoms with van der Waals surface area (Å²) in [5.74, 6) is -0.124. The molecule has 0 spiro atoms. The van der Waals surface area contributed by atoms with E-state index in [4.69, 9.17) is 21.1 Å². The van der Waals surface area contributed by atoms with E-state index in [1.54, 1.807) is 0 Å². The van der Waals surface area contributed by atoms with Gasteiger partial charge in [0.1, 0.15) is 13.2 Å². The van der Waals surface area contributed by atoms with Crippen LogP contribution in [0.3, 0.4) is 0 Å². The van der Waals surface area contributed by atoms with Crippen LogP contribution in [0, 0.1) is 0 Å². The highest BCUT2D eigenvalue weighted by atomic mass is 35.5. The number of rotatable bonds is 6. The second-order valence-corrected chi connectivity index (χ2v) is 4.13. The number of methoxy groups -OCH3 is 2. The molecule has 0 saturated heterocycles. The Morgan fingerprint density at radius 1 is 1.20 bits per heavy atom. The molecule has 0 N–H and O–H groups in total. The normalized spacial score (nSPS) is 11.3. The number of hydrogen-bond donors (Lipinski definition) is 0. The van der Waals surface area contributed by atoms with E-state index in [1.807, 2.05) is 0 Å². The number of alkyl halides is 3. The summed E-state index contributed by atoms with van der Waals surface area (Å²) in [6.07, 6.45) is -4.48. The third-order valence-electron chi connectivity index (χ3n) is 2.27. The zero-order valence-electron chi connectivity index (χ0n) is 10.7. The fraction of sp³-hybridized carbons (Fsp3) is 0.417. The van der Waals surface area contributed by atoms with Gasteiger partial charge in [-0.2, -0.15) is 13.2 Å². The van der Waals surface area contributed by atoms with Gasteiger partial charge in [0.15, 0.2) is 17.3 Å². The Labute approximate surface area is 118 Å². The van der Waals surface area contributed by atoms with Crippen LogP contribution in [0.4, 0.5) is 13.2 Å². The number of carbonyl (C=O) groups is 1. The highest BCUT2D eigenvalue weighted by Crippen LogP contribution is 2.33. The van der Waals surface area contributed by atoms with Crippen molar-refractivity contribution in [2.75, 3.05) is 27.4 Å². The van der Waals surface area contributed by atoms with Crippen LogP contribution in [-0.4, -0.2) is 39.4 Å². The largest absolute Gasteiger partial charge is 0.493 e. The standard InChI is InChI=1S/C12H12ClF3O4/c1-18-10-3-7(8(13)4-11(10)19-2)9(17)5-20-6-12(14,15)16/h3-4H,5-6H2,1-2H3. The first-order valence-corrected chi connectivity index (χ1v) is 5.75. The van der Waals surface area contributed by atoms with Crippen LogP contribution in [-0.2, 0) is 4.74 Å². The van der Waals surface area contributed by atoms with Gasteiger partial charge in [0.05, 0.1) is 19.2 Å². The summed E-state index contributed by atoms with van der Waals surface area (Å²) in [4.78, 5) is 11.7. The lowest BCUT2D eigenvalue weighted by molar-refractivity contribution is -0.170. The number of ketones is 1. The summed E-state index contributed by atoms with van der Waals surface area (Å²) in [7, 11) is 2.75. The summed E-state index contributed by atoms with van der Waals surface area (Å²) >= 11 is 5.87. The van der Waals surface area contributed by atoms with Crippen molar-refractivity contribution in [3.8, 4) is 11.5 Å². The third-order valence-corrected chi connectivity index (χ3v) is 2.59. The van der Waals surface area contributed by atoms with Gasteiger partial charge in [-0.3, -0.25) is 4.79 Å². The fourth-order valence-electron chi connectivity index (χ4n) is 1.41. The molecule has 0 aliphatic carbocycles. The molecule has 0 heterocycles. The second-order valence-electron chi connectivity index (χ2n) is 3.72. The zero-order valence-corrected chi connectivity index (χ0v) is 11.5. The van der Waals surface area contributed by atoms with E-state index in [0.29, 0.717) is 5.75 Å². The molecule has 1 aromatic rings. The monoisotopic (exact) mass is 312 g/mol. The number of benzene rings is 1. The van der Waals surface area contributed by atoms with Crippen molar-refractivity contribution in [1.82, 2.24) is 0 Å². The lowest BCUT2D eigenvalue weighted by Gasteiger charge is -2.11. The Morgan fingerprint density at radius 3 is 2.25 bits per heavy atom. The minimum atomic E-state index is -4.48. The average Bonchev–Trinajstić information content (AvgIpc) is 2.36. The van der Waals surface area contributed by atoms with Crippen LogP contribution in [0.15, 0.2) is 12.1 Å². The average molecular weight is 313 g/mol. The van der Waals surface area contributed by atoms with Crippen molar-refractivity contribution >= 4 is 17.4 Å². The van der Waals surface area contributed by atoms with Crippen LogP contribution in [0.25, 0.3) is 0 Å². The Bertz CT molecular complexity index is 488. The van der Waals surface area contributed by atoms with Crippen LogP contribution in [0.2, 0.25) is 5.02 Å². The maximum Gasteiger partial charge on any atom is 0.411 e. The molecular formula is C12H12ClF3O4. The van der Waals surface area contributed by atoms with E-state index in [9.17, 15) is 18.0 Å². The van der Waals surface area contributed by atoms with Gasteiger partial charge in [-0.15, -0.1) is 0 Å². The Balaban J connectivity index is 2.82. The highest BCUT2D eigenvalue weighted by Gasteiger charge is 2.28. The van der Waals surface area contributed by atoms with Crippen molar-refractivity contribution < 1.29 is 32.2 Å².